The fourth-order valence-electron chi connectivity index (χ4n) is 3.99. The molecule has 0 radical (unpaired) electrons. The number of fused-ring (bicyclic) bond motifs is 1. The highest BCUT2D eigenvalue weighted by Gasteiger charge is 2.50. The highest BCUT2D eigenvalue weighted by Crippen LogP contribution is 2.37. The van der Waals surface area contributed by atoms with Crippen molar-refractivity contribution in [3.8, 4) is 0 Å². The number of ketones is 2. The van der Waals surface area contributed by atoms with Gasteiger partial charge in [0.15, 0.2) is 11.6 Å². The maximum absolute atomic E-state index is 13.4. The van der Waals surface area contributed by atoms with E-state index in [1.165, 1.54) is 0 Å². The van der Waals surface area contributed by atoms with Crippen molar-refractivity contribution in [3.63, 3.8) is 0 Å². The molecule has 2 aromatic rings. The molecule has 8 heteroatoms. The molecule has 0 amide bonds. The van der Waals surface area contributed by atoms with Crippen molar-refractivity contribution < 1.29 is 28.3 Å². The lowest BCUT2D eigenvalue weighted by Gasteiger charge is -2.30. The number of hydrogen-bond donors (Lipinski definition) is 0. The zero-order valence-corrected chi connectivity index (χ0v) is 19.2. The molecule has 1 aliphatic heterocycles. The number of aromatic nitrogens is 1. The van der Waals surface area contributed by atoms with E-state index in [0.717, 1.165) is 10.8 Å². The number of rotatable bonds is 11. The van der Waals surface area contributed by atoms with Gasteiger partial charge < -0.3 is 9.57 Å². The van der Waals surface area contributed by atoms with Gasteiger partial charge in [-0.15, -0.1) is 0 Å². The molecule has 3 rings (SSSR count). The average molecular weight is 457 g/mol. The number of hydrogen-bond acceptors (Lipinski definition) is 7. The Morgan fingerprint density at radius 2 is 1.94 bits per heavy atom. The minimum absolute atomic E-state index is 0.168. The molecule has 7 nitrogen and oxygen atoms in total. The van der Waals surface area contributed by atoms with Crippen LogP contribution in [-0.4, -0.2) is 47.1 Å². The smallest absolute Gasteiger partial charge is 0.306 e. The van der Waals surface area contributed by atoms with Crippen LogP contribution < -0.4 is 0 Å². The number of carbonyl (C=O) groups is 3. The van der Waals surface area contributed by atoms with Gasteiger partial charge in [0.25, 0.3) is 0 Å². The Morgan fingerprint density at radius 1 is 1.18 bits per heavy atom. The number of pyridine rings is 1. The normalized spacial score (nSPS) is 18.6. The fourth-order valence-corrected chi connectivity index (χ4v) is 3.99. The van der Waals surface area contributed by atoms with Crippen LogP contribution in [0.4, 0.5) is 4.39 Å². The average Bonchev–Trinajstić information content (AvgIpc) is 3.28. The first-order chi connectivity index (χ1) is 15.8. The third-order valence-electron chi connectivity index (χ3n) is 6.00. The molecular formula is C25H29FN2O5. The van der Waals surface area contributed by atoms with Crippen LogP contribution >= 0.6 is 0 Å². The zero-order chi connectivity index (χ0) is 24.0. The van der Waals surface area contributed by atoms with Crippen molar-refractivity contribution in [2.75, 3.05) is 13.3 Å². The van der Waals surface area contributed by atoms with Crippen LogP contribution in [0.15, 0.2) is 41.7 Å². The largest absolute Gasteiger partial charge is 0.466 e. The topological polar surface area (TPSA) is 94.9 Å². The summed E-state index contributed by atoms with van der Waals surface area (Å²) in [6, 6.07) is 9.60. The fraction of sp³-hybridized carbons (Fsp3) is 0.480. The first-order valence-corrected chi connectivity index (χ1v) is 11.2. The lowest BCUT2D eigenvalue weighted by Crippen LogP contribution is -2.45. The second kappa shape index (κ2) is 10.6. The van der Waals surface area contributed by atoms with Crippen molar-refractivity contribution in [1.29, 1.82) is 0 Å². The summed E-state index contributed by atoms with van der Waals surface area (Å²) in [5.41, 5.74) is -0.164. The van der Waals surface area contributed by atoms with Gasteiger partial charge in [0.1, 0.15) is 12.4 Å². The standard InChI is InChI=1S/C25H29FN2O5/c1-4-11-32-23(31)13-18(21(29)15-26)12-22(30)25(16(2)3)14-20(28-33-25)24-19-8-6-5-7-17(19)9-10-27-24/h5-10,16,18H,4,11-15H2,1-3H3/t18-,25+/m0/s1. The van der Waals surface area contributed by atoms with Crippen molar-refractivity contribution in [1.82, 2.24) is 4.98 Å². The molecule has 0 N–H and O–H groups in total. The van der Waals surface area contributed by atoms with Crippen LogP contribution in [0.3, 0.4) is 0 Å². The number of Topliss-reactive ketones (excluding diaryl/α,β-unsaturated/α-hetero) is 2. The summed E-state index contributed by atoms with van der Waals surface area (Å²) < 4.78 is 18.2. The molecule has 0 saturated carbocycles. The first kappa shape index (κ1) is 24.5. The van der Waals surface area contributed by atoms with Crippen molar-refractivity contribution >= 4 is 34.0 Å². The van der Waals surface area contributed by atoms with E-state index in [4.69, 9.17) is 9.57 Å². The van der Waals surface area contributed by atoms with E-state index in [0.29, 0.717) is 17.8 Å². The Morgan fingerprint density at radius 3 is 2.64 bits per heavy atom. The Labute approximate surface area is 192 Å². The number of esters is 1. The predicted octanol–water partition coefficient (Wildman–Crippen LogP) is 4.21. The van der Waals surface area contributed by atoms with Gasteiger partial charge in [-0.25, -0.2) is 4.39 Å². The van der Waals surface area contributed by atoms with Crippen molar-refractivity contribution in [2.24, 2.45) is 17.0 Å². The number of benzene rings is 1. The van der Waals surface area contributed by atoms with E-state index in [1.807, 2.05) is 51.1 Å². The second-order valence-corrected chi connectivity index (χ2v) is 8.58. The van der Waals surface area contributed by atoms with E-state index in [-0.39, 0.29) is 31.8 Å². The van der Waals surface area contributed by atoms with E-state index in [2.05, 4.69) is 10.1 Å². The Kier molecular flexibility index (Phi) is 7.89. The van der Waals surface area contributed by atoms with Gasteiger partial charge in [-0.05, 0) is 17.9 Å². The lowest BCUT2D eigenvalue weighted by atomic mass is 9.77. The number of nitrogens with zero attached hydrogens (tertiary/aromatic N) is 2. The van der Waals surface area contributed by atoms with Gasteiger partial charge in [0, 0.05) is 36.3 Å². The molecule has 0 bridgehead atoms. The molecule has 1 aromatic carbocycles. The quantitative estimate of drug-likeness (QED) is 0.470. The molecule has 176 valence electrons. The third-order valence-corrected chi connectivity index (χ3v) is 6.00. The lowest BCUT2D eigenvalue weighted by molar-refractivity contribution is -0.152. The monoisotopic (exact) mass is 456 g/mol. The number of ether oxygens (including phenoxy) is 1. The Balaban J connectivity index is 1.82. The maximum atomic E-state index is 13.4. The molecule has 1 aromatic heterocycles. The predicted molar refractivity (Wildman–Crippen MR) is 122 cm³/mol. The summed E-state index contributed by atoms with van der Waals surface area (Å²) in [4.78, 5) is 47.8. The van der Waals surface area contributed by atoms with Crippen molar-refractivity contribution in [3.05, 3.63) is 42.2 Å². The molecule has 0 unspecified atom stereocenters. The highest BCUT2D eigenvalue weighted by atomic mass is 19.1. The summed E-state index contributed by atoms with van der Waals surface area (Å²) in [5.74, 6) is -3.21. The molecule has 0 saturated heterocycles. The summed E-state index contributed by atoms with van der Waals surface area (Å²) in [5, 5.41) is 6.08. The Hall–Kier alpha value is -3.16. The third kappa shape index (κ3) is 5.26. The first-order valence-electron chi connectivity index (χ1n) is 11.2. The van der Waals surface area contributed by atoms with Crippen LogP contribution in [-0.2, 0) is 24.0 Å². The molecule has 0 spiro atoms. The van der Waals surface area contributed by atoms with Gasteiger partial charge >= 0.3 is 5.97 Å². The van der Waals surface area contributed by atoms with Gasteiger partial charge in [0.05, 0.1) is 18.7 Å². The second-order valence-electron chi connectivity index (χ2n) is 8.58. The van der Waals surface area contributed by atoms with Gasteiger partial charge in [-0.3, -0.25) is 19.4 Å². The molecule has 33 heavy (non-hydrogen) atoms. The van der Waals surface area contributed by atoms with Crippen molar-refractivity contribution in [2.45, 2.75) is 52.1 Å². The SMILES string of the molecule is CCCOC(=O)C[C@H](CC(=O)[C@]1(C(C)C)CC(c2nccc3ccccc23)=NO1)C(=O)CF. The minimum atomic E-state index is -1.32. The van der Waals surface area contributed by atoms with Gasteiger partial charge in [-0.1, -0.05) is 50.2 Å². The summed E-state index contributed by atoms with van der Waals surface area (Å²) in [6.07, 6.45) is 1.80. The van der Waals surface area contributed by atoms with E-state index < -0.39 is 35.7 Å². The van der Waals surface area contributed by atoms with Crippen LogP contribution in [0.1, 0.15) is 52.1 Å². The van der Waals surface area contributed by atoms with Crippen LogP contribution in [0, 0.1) is 11.8 Å². The highest BCUT2D eigenvalue weighted by molar-refractivity contribution is 6.12. The van der Waals surface area contributed by atoms with Crippen LogP contribution in [0.2, 0.25) is 0 Å². The van der Waals surface area contributed by atoms with E-state index in [1.54, 1.807) is 6.20 Å². The van der Waals surface area contributed by atoms with E-state index >= 15 is 0 Å². The zero-order valence-electron chi connectivity index (χ0n) is 19.2. The number of alkyl halides is 1. The number of halogens is 1. The molecule has 2 heterocycles. The van der Waals surface area contributed by atoms with Gasteiger partial charge in [-0.2, -0.15) is 0 Å². The number of oxime groups is 1. The maximum Gasteiger partial charge on any atom is 0.306 e. The van der Waals surface area contributed by atoms with Crippen LogP contribution in [0.25, 0.3) is 10.8 Å². The summed E-state index contributed by atoms with van der Waals surface area (Å²) in [6.45, 7) is 4.45. The van der Waals surface area contributed by atoms with Crippen LogP contribution in [0.5, 0.6) is 0 Å². The number of carbonyl (C=O) groups excluding carboxylic acids is 3. The summed E-state index contributed by atoms with van der Waals surface area (Å²) >= 11 is 0. The molecule has 2 atom stereocenters. The minimum Gasteiger partial charge on any atom is -0.466 e. The molecule has 0 fully saturated rings. The summed E-state index contributed by atoms with van der Waals surface area (Å²) in [7, 11) is 0. The Bertz CT molecular complexity index is 1060. The van der Waals surface area contributed by atoms with Gasteiger partial charge in [0.2, 0.25) is 5.60 Å². The van der Waals surface area contributed by atoms with E-state index in [9.17, 15) is 18.8 Å². The molecule has 1 aliphatic rings. The molecular weight excluding hydrogens is 427 g/mol. The molecule has 0 aliphatic carbocycles.